The number of carboxylic acid groups (broad SMARTS) is 1. The van der Waals surface area contributed by atoms with E-state index in [9.17, 15) is 9.90 Å². The van der Waals surface area contributed by atoms with Gasteiger partial charge in [-0.1, -0.05) is 44.2 Å². The number of rotatable bonds is 3. The largest absolute Gasteiger partial charge is 0.549 e. The molecule has 1 unspecified atom stereocenters. The van der Waals surface area contributed by atoms with Crippen molar-refractivity contribution < 1.29 is 9.90 Å². The minimum Gasteiger partial charge on any atom is -0.549 e. The first-order valence-electron chi connectivity index (χ1n) is 4.38. The third-order valence-electron chi connectivity index (χ3n) is 2.57. The second kappa shape index (κ2) is 3.60. The molecule has 70 valence electrons. The summed E-state index contributed by atoms with van der Waals surface area (Å²) < 4.78 is 0. The zero-order chi connectivity index (χ0) is 9.90. The van der Waals surface area contributed by atoms with E-state index in [0.29, 0.717) is 6.42 Å². The summed E-state index contributed by atoms with van der Waals surface area (Å²) in [5, 5.41) is 10.9. The van der Waals surface area contributed by atoms with E-state index in [2.05, 4.69) is 0 Å². The van der Waals surface area contributed by atoms with E-state index >= 15 is 0 Å². The highest BCUT2D eigenvalue weighted by Gasteiger charge is 2.25. The van der Waals surface area contributed by atoms with Gasteiger partial charge in [0.25, 0.3) is 0 Å². The molecule has 0 saturated heterocycles. The van der Waals surface area contributed by atoms with Crippen LogP contribution in [0.25, 0.3) is 0 Å². The number of hydrogen-bond acceptors (Lipinski definition) is 2. The van der Waals surface area contributed by atoms with Gasteiger partial charge in [-0.25, -0.2) is 0 Å². The highest BCUT2D eigenvalue weighted by molar-refractivity contribution is 5.78. The maximum Gasteiger partial charge on any atom is 0.0517 e. The monoisotopic (exact) mass is 177 g/mol. The molecule has 0 spiro atoms. The molecule has 0 heterocycles. The summed E-state index contributed by atoms with van der Waals surface area (Å²) in [5.41, 5.74) is -0.0566. The third-order valence-corrected chi connectivity index (χ3v) is 2.57. The van der Waals surface area contributed by atoms with Crippen LogP contribution in [0.2, 0.25) is 0 Å². The number of carbonyl (C=O) groups excluding carboxylic acids is 1. The van der Waals surface area contributed by atoms with E-state index in [1.54, 1.807) is 6.92 Å². The van der Waals surface area contributed by atoms with Gasteiger partial charge in [-0.2, -0.15) is 0 Å². The number of aliphatic carboxylic acids is 1. The lowest BCUT2D eigenvalue weighted by Gasteiger charge is -2.29. The van der Waals surface area contributed by atoms with Gasteiger partial charge in [0.1, 0.15) is 0 Å². The van der Waals surface area contributed by atoms with Gasteiger partial charge in [0.2, 0.25) is 0 Å². The van der Waals surface area contributed by atoms with Crippen LogP contribution in [0, 0.1) is 0 Å². The van der Waals surface area contributed by atoms with Crippen LogP contribution in [0.1, 0.15) is 25.8 Å². The molecule has 0 amide bonds. The highest BCUT2D eigenvalue weighted by Crippen LogP contribution is 2.26. The van der Waals surface area contributed by atoms with Crippen molar-refractivity contribution in [3.63, 3.8) is 0 Å². The van der Waals surface area contributed by atoms with Crippen molar-refractivity contribution in [1.82, 2.24) is 0 Å². The lowest BCUT2D eigenvalue weighted by Crippen LogP contribution is -2.43. The summed E-state index contributed by atoms with van der Waals surface area (Å²) in [7, 11) is 0. The predicted octanol–water partition coefficient (Wildman–Crippen LogP) is 1.10. The van der Waals surface area contributed by atoms with E-state index in [0.717, 1.165) is 5.56 Å². The van der Waals surface area contributed by atoms with Crippen LogP contribution in [0.15, 0.2) is 30.3 Å². The average Bonchev–Trinajstić information content (AvgIpc) is 2.17. The van der Waals surface area contributed by atoms with E-state index in [4.69, 9.17) is 0 Å². The Hall–Kier alpha value is -1.31. The Morgan fingerprint density at radius 2 is 1.92 bits per heavy atom. The van der Waals surface area contributed by atoms with Crippen LogP contribution in [0.5, 0.6) is 0 Å². The molecule has 1 rings (SSSR count). The minimum atomic E-state index is -1.01. The van der Waals surface area contributed by atoms with E-state index in [-0.39, 0.29) is 0 Å². The van der Waals surface area contributed by atoms with Crippen molar-refractivity contribution in [2.45, 2.75) is 25.7 Å². The summed E-state index contributed by atoms with van der Waals surface area (Å²) in [6.45, 7) is 3.54. The Balaban J connectivity index is 3.11. The van der Waals surface area contributed by atoms with Crippen molar-refractivity contribution in [3.8, 4) is 0 Å². The Morgan fingerprint density at radius 1 is 1.38 bits per heavy atom. The molecule has 1 aromatic carbocycles. The molecular formula is C11H13O2-. The maximum atomic E-state index is 10.9. The first kappa shape index (κ1) is 9.78. The van der Waals surface area contributed by atoms with Gasteiger partial charge in [0.05, 0.1) is 5.97 Å². The molecule has 0 aliphatic carbocycles. The summed E-state index contributed by atoms with van der Waals surface area (Å²) in [6.07, 6.45) is 0.541. The fraction of sp³-hybridized carbons (Fsp3) is 0.364. The smallest absolute Gasteiger partial charge is 0.0517 e. The van der Waals surface area contributed by atoms with Gasteiger partial charge >= 0.3 is 0 Å². The SMILES string of the molecule is CCC(C)(C(=O)[O-])c1ccccc1. The van der Waals surface area contributed by atoms with Crippen LogP contribution in [0.3, 0.4) is 0 Å². The van der Waals surface area contributed by atoms with Crippen molar-refractivity contribution in [2.75, 3.05) is 0 Å². The molecule has 0 saturated carbocycles. The zero-order valence-electron chi connectivity index (χ0n) is 7.91. The van der Waals surface area contributed by atoms with Crippen LogP contribution >= 0.6 is 0 Å². The van der Waals surface area contributed by atoms with E-state index in [1.807, 2.05) is 37.3 Å². The van der Waals surface area contributed by atoms with Gasteiger partial charge in [0.15, 0.2) is 0 Å². The van der Waals surface area contributed by atoms with Crippen LogP contribution < -0.4 is 5.11 Å². The predicted molar refractivity (Wildman–Crippen MR) is 49.1 cm³/mol. The van der Waals surface area contributed by atoms with Gasteiger partial charge in [-0.05, 0) is 12.0 Å². The van der Waals surface area contributed by atoms with Crippen molar-refractivity contribution in [2.24, 2.45) is 0 Å². The second-order valence-electron chi connectivity index (χ2n) is 3.34. The molecule has 0 radical (unpaired) electrons. The molecule has 0 N–H and O–H groups in total. The fourth-order valence-corrected chi connectivity index (χ4v) is 1.27. The van der Waals surface area contributed by atoms with Gasteiger partial charge in [0, 0.05) is 5.41 Å². The molecule has 0 aliphatic heterocycles. The summed E-state index contributed by atoms with van der Waals surface area (Å²) >= 11 is 0. The molecule has 0 bridgehead atoms. The van der Waals surface area contributed by atoms with Gasteiger partial charge in [-0.3, -0.25) is 0 Å². The van der Waals surface area contributed by atoms with E-state index in [1.165, 1.54) is 0 Å². The molecule has 0 fully saturated rings. The molecule has 2 nitrogen and oxygen atoms in total. The molecule has 1 atom stereocenters. The standard InChI is InChI=1S/C11H14O2/c1-3-11(2,10(12)13)9-7-5-4-6-8-9/h4-8H,3H2,1-2H3,(H,12,13)/p-1. The topological polar surface area (TPSA) is 40.1 Å². The lowest BCUT2D eigenvalue weighted by atomic mass is 9.80. The number of hydrogen-bond donors (Lipinski definition) is 0. The minimum absolute atomic E-state index is 0.541. The summed E-state index contributed by atoms with van der Waals surface area (Å²) in [4.78, 5) is 10.9. The summed E-state index contributed by atoms with van der Waals surface area (Å²) in [5.74, 6) is -1.01. The first-order valence-corrected chi connectivity index (χ1v) is 4.38. The average molecular weight is 177 g/mol. The lowest BCUT2D eigenvalue weighted by molar-refractivity contribution is -0.313. The molecule has 1 aromatic rings. The Labute approximate surface area is 78.2 Å². The highest BCUT2D eigenvalue weighted by atomic mass is 16.4. The molecular weight excluding hydrogens is 164 g/mol. The molecule has 2 heteroatoms. The summed E-state index contributed by atoms with van der Waals surface area (Å²) in [6, 6.07) is 9.19. The molecule has 0 aromatic heterocycles. The van der Waals surface area contributed by atoms with Crippen molar-refractivity contribution in [3.05, 3.63) is 35.9 Å². The van der Waals surface area contributed by atoms with Crippen molar-refractivity contribution >= 4 is 5.97 Å². The van der Waals surface area contributed by atoms with Crippen molar-refractivity contribution in [1.29, 1.82) is 0 Å². The van der Waals surface area contributed by atoms with Crippen LogP contribution in [-0.4, -0.2) is 5.97 Å². The quantitative estimate of drug-likeness (QED) is 0.693. The Kier molecular flexibility index (Phi) is 2.71. The van der Waals surface area contributed by atoms with Crippen LogP contribution in [-0.2, 0) is 10.2 Å². The fourth-order valence-electron chi connectivity index (χ4n) is 1.27. The Bertz CT molecular complexity index is 292. The Morgan fingerprint density at radius 3 is 2.31 bits per heavy atom. The molecule has 0 aliphatic rings. The van der Waals surface area contributed by atoms with Gasteiger partial charge in [-0.15, -0.1) is 0 Å². The molecule has 13 heavy (non-hydrogen) atoms. The maximum absolute atomic E-state index is 10.9. The number of carbonyl (C=O) groups is 1. The van der Waals surface area contributed by atoms with Gasteiger partial charge < -0.3 is 9.90 Å². The number of carboxylic acids is 1. The third kappa shape index (κ3) is 1.72. The number of benzene rings is 1. The van der Waals surface area contributed by atoms with Crippen LogP contribution in [0.4, 0.5) is 0 Å². The van der Waals surface area contributed by atoms with E-state index < -0.39 is 11.4 Å². The zero-order valence-corrected chi connectivity index (χ0v) is 7.91. The first-order chi connectivity index (χ1) is 6.11. The second-order valence-corrected chi connectivity index (χ2v) is 3.34. The normalized spacial score (nSPS) is 14.9.